The summed E-state index contributed by atoms with van der Waals surface area (Å²) in [5.41, 5.74) is -0.889. The first-order chi connectivity index (χ1) is 6.38. The van der Waals surface area contributed by atoms with Gasteiger partial charge < -0.3 is 15.3 Å². The molecule has 0 aliphatic rings. The first-order valence-corrected chi connectivity index (χ1v) is 4.02. The predicted molar refractivity (Wildman–Crippen MR) is 49.7 cm³/mol. The Morgan fingerprint density at radius 2 is 1.57 bits per heavy atom. The number of rotatable bonds is 2. The molecule has 0 spiro atoms. The van der Waals surface area contributed by atoms with E-state index in [0.29, 0.717) is 0 Å². The number of benzene rings is 1. The van der Waals surface area contributed by atoms with Gasteiger partial charge in [-0.2, -0.15) is 0 Å². The zero-order valence-corrected chi connectivity index (χ0v) is 7.98. The van der Waals surface area contributed by atoms with Crippen LogP contribution in [0, 0.1) is 0 Å². The third kappa shape index (κ3) is 1.73. The summed E-state index contributed by atoms with van der Waals surface area (Å²) >= 11 is 0. The van der Waals surface area contributed by atoms with E-state index >= 15 is 0 Å². The maximum absolute atomic E-state index is 9.48. The minimum atomic E-state index is -1.03. The number of nitrogens with two attached hydrogens (primary N) is 1. The molecule has 14 heavy (non-hydrogen) atoms. The van der Waals surface area contributed by atoms with Crippen molar-refractivity contribution in [2.24, 2.45) is 5.90 Å². The zero-order valence-electron chi connectivity index (χ0n) is 7.98. The van der Waals surface area contributed by atoms with Crippen LogP contribution in [0.15, 0.2) is 12.1 Å². The Morgan fingerprint density at radius 3 is 1.93 bits per heavy atom. The zero-order chi connectivity index (χ0) is 10.9. The summed E-state index contributed by atoms with van der Waals surface area (Å²) in [6.07, 6.45) is 0. The van der Waals surface area contributed by atoms with Crippen molar-refractivity contribution in [3.63, 3.8) is 0 Å². The Kier molecular flexibility index (Phi) is 2.55. The highest BCUT2D eigenvalue weighted by Gasteiger charge is 2.28. The SMILES string of the molecule is CC(C)(ON)c1c(O)cc(O)cc1O. The van der Waals surface area contributed by atoms with Crippen LogP contribution in [0.5, 0.6) is 17.2 Å². The first-order valence-electron chi connectivity index (χ1n) is 4.02. The Bertz CT molecular complexity index is 326. The molecule has 1 aromatic rings. The fourth-order valence-corrected chi connectivity index (χ4v) is 1.27. The van der Waals surface area contributed by atoms with E-state index < -0.39 is 5.60 Å². The van der Waals surface area contributed by atoms with Gasteiger partial charge in [0.2, 0.25) is 0 Å². The molecule has 1 aromatic carbocycles. The largest absolute Gasteiger partial charge is 0.508 e. The molecule has 0 bridgehead atoms. The van der Waals surface area contributed by atoms with Crippen LogP contribution in [-0.4, -0.2) is 15.3 Å². The van der Waals surface area contributed by atoms with E-state index in [9.17, 15) is 10.2 Å². The molecule has 0 aromatic heterocycles. The highest BCUT2D eigenvalue weighted by Crippen LogP contribution is 2.40. The summed E-state index contributed by atoms with van der Waals surface area (Å²) in [4.78, 5) is 4.62. The molecule has 0 heterocycles. The first kappa shape index (κ1) is 10.6. The highest BCUT2D eigenvalue weighted by atomic mass is 16.6. The number of phenolic OH excluding ortho intramolecular Hbond substituents is 3. The van der Waals surface area contributed by atoms with Gasteiger partial charge in [0.25, 0.3) is 0 Å². The summed E-state index contributed by atoms with van der Waals surface area (Å²) < 4.78 is 0. The molecule has 0 unspecified atom stereocenters. The molecule has 0 aliphatic heterocycles. The van der Waals surface area contributed by atoms with Crippen molar-refractivity contribution < 1.29 is 20.2 Å². The van der Waals surface area contributed by atoms with Crippen LogP contribution in [0.4, 0.5) is 0 Å². The number of phenols is 3. The minimum Gasteiger partial charge on any atom is -0.508 e. The number of aromatic hydroxyl groups is 3. The monoisotopic (exact) mass is 199 g/mol. The molecule has 78 valence electrons. The maximum atomic E-state index is 9.48. The van der Waals surface area contributed by atoms with Gasteiger partial charge in [0, 0.05) is 12.1 Å². The Morgan fingerprint density at radius 1 is 1.14 bits per heavy atom. The normalized spacial score (nSPS) is 11.6. The van der Waals surface area contributed by atoms with E-state index in [0.717, 1.165) is 12.1 Å². The van der Waals surface area contributed by atoms with Crippen LogP contribution in [0.25, 0.3) is 0 Å². The molecule has 0 amide bonds. The van der Waals surface area contributed by atoms with Crippen molar-refractivity contribution >= 4 is 0 Å². The van der Waals surface area contributed by atoms with E-state index in [1.54, 1.807) is 13.8 Å². The highest BCUT2D eigenvalue weighted by molar-refractivity contribution is 5.51. The van der Waals surface area contributed by atoms with Crippen molar-refractivity contribution in [3.05, 3.63) is 17.7 Å². The summed E-state index contributed by atoms with van der Waals surface area (Å²) in [6.45, 7) is 3.16. The van der Waals surface area contributed by atoms with Crippen LogP contribution in [0.2, 0.25) is 0 Å². The lowest BCUT2D eigenvalue weighted by molar-refractivity contribution is -0.0265. The predicted octanol–water partition coefficient (Wildman–Crippen LogP) is 0.929. The summed E-state index contributed by atoms with van der Waals surface area (Å²) in [6, 6.07) is 2.21. The average Bonchev–Trinajstić information content (AvgIpc) is 2.01. The van der Waals surface area contributed by atoms with Gasteiger partial charge in [-0.3, -0.25) is 4.84 Å². The minimum absolute atomic E-state index is 0.137. The summed E-state index contributed by atoms with van der Waals surface area (Å²) in [5.74, 6) is 4.27. The van der Waals surface area contributed by atoms with Crippen LogP contribution in [-0.2, 0) is 10.4 Å². The average molecular weight is 199 g/mol. The van der Waals surface area contributed by atoms with Crippen molar-refractivity contribution in [1.82, 2.24) is 0 Å². The smallest absolute Gasteiger partial charge is 0.129 e. The topological polar surface area (TPSA) is 95.9 Å². The molecular formula is C9H13NO4. The van der Waals surface area contributed by atoms with Gasteiger partial charge in [0.05, 0.1) is 5.56 Å². The maximum Gasteiger partial charge on any atom is 0.129 e. The van der Waals surface area contributed by atoms with Crippen LogP contribution >= 0.6 is 0 Å². The number of hydrogen-bond donors (Lipinski definition) is 4. The lowest BCUT2D eigenvalue weighted by atomic mass is 9.96. The molecule has 0 aliphatic carbocycles. The van der Waals surface area contributed by atoms with E-state index in [-0.39, 0.29) is 22.8 Å². The molecular weight excluding hydrogens is 186 g/mol. The molecule has 0 atom stereocenters. The van der Waals surface area contributed by atoms with Crippen molar-refractivity contribution in [1.29, 1.82) is 0 Å². The fourth-order valence-electron chi connectivity index (χ4n) is 1.27. The van der Waals surface area contributed by atoms with Gasteiger partial charge in [0.15, 0.2) is 0 Å². The van der Waals surface area contributed by atoms with Gasteiger partial charge in [-0.25, -0.2) is 5.90 Å². The number of hydrogen-bond acceptors (Lipinski definition) is 5. The second-order valence-electron chi connectivity index (χ2n) is 3.49. The van der Waals surface area contributed by atoms with Gasteiger partial charge >= 0.3 is 0 Å². The van der Waals surface area contributed by atoms with Crippen molar-refractivity contribution in [3.8, 4) is 17.2 Å². The van der Waals surface area contributed by atoms with Crippen molar-refractivity contribution in [2.45, 2.75) is 19.4 Å². The lowest BCUT2D eigenvalue weighted by Crippen LogP contribution is -2.25. The van der Waals surface area contributed by atoms with Crippen LogP contribution in [0.3, 0.4) is 0 Å². The van der Waals surface area contributed by atoms with Gasteiger partial charge in [0.1, 0.15) is 22.8 Å². The van der Waals surface area contributed by atoms with Crippen LogP contribution < -0.4 is 5.90 Å². The van der Waals surface area contributed by atoms with E-state index in [1.165, 1.54) is 0 Å². The molecule has 0 saturated heterocycles. The van der Waals surface area contributed by atoms with Gasteiger partial charge in [-0.15, -0.1) is 0 Å². The molecule has 5 nitrogen and oxygen atoms in total. The molecule has 0 radical (unpaired) electrons. The molecule has 0 fully saturated rings. The van der Waals surface area contributed by atoms with E-state index in [1.807, 2.05) is 0 Å². The second kappa shape index (κ2) is 3.36. The summed E-state index contributed by atoms with van der Waals surface area (Å²) in [5, 5.41) is 28.0. The lowest BCUT2D eigenvalue weighted by Gasteiger charge is -2.24. The summed E-state index contributed by atoms with van der Waals surface area (Å²) in [7, 11) is 0. The van der Waals surface area contributed by atoms with E-state index in [4.69, 9.17) is 11.0 Å². The second-order valence-corrected chi connectivity index (χ2v) is 3.49. The third-order valence-electron chi connectivity index (χ3n) is 1.98. The fraction of sp³-hybridized carbons (Fsp3) is 0.333. The quantitative estimate of drug-likeness (QED) is 0.531. The molecule has 1 rings (SSSR count). The Balaban J connectivity index is 3.35. The Hall–Kier alpha value is -1.46. The molecule has 5 heteroatoms. The van der Waals surface area contributed by atoms with Gasteiger partial charge in [-0.05, 0) is 13.8 Å². The third-order valence-corrected chi connectivity index (χ3v) is 1.98. The Labute approximate surface area is 81.3 Å². The van der Waals surface area contributed by atoms with Gasteiger partial charge in [-0.1, -0.05) is 0 Å². The molecule has 0 saturated carbocycles. The van der Waals surface area contributed by atoms with Crippen molar-refractivity contribution in [2.75, 3.05) is 0 Å². The van der Waals surface area contributed by atoms with E-state index in [2.05, 4.69) is 4.84 Å². The standard InChI is InChI=1S/C9H13NO4/c1-9(2,14-10)8-6(12)3-5(11)4-7(8)13/h3-4,11-13H,10H2,1-2H3. The molecule has 5 N–H and O–H groups in total. The van der Waals surface area contributed by atoms with Crippen LogP contribution in [0.1, 0.15) is 19.4 Å².